The van der Waals surface area contributed by atoms with Crippen LogP contribution in [0.25, 0.3) is 11.1 Å². The molecule has 0 unspecified atom stereocenters. The SMILES string of the molecule is Cc1nc2ccc(C(C)(C)CCS)cc2o1. The first-order chi connectivity index (χ1) is 7.53. The van der Waals surface area contributed by atoms with Gasteiger partial charge in [0.05, 0.1) is 0 Å². The topological polar surface area (TPSA) is 26.0 Å². The standard InChI is InChI=1S/C13H17NOS/c1-9-14-11-5-4-10(8-12(11)15-9)13(2,3)6-7-16/h4-5,8,16H,6-7H2,1-3H3. The van der Waals surface area contributed by atoms with E-state index in [-0.39, 0.29) is 5.41 Å². The van der Waals surface area contributed by atoms with Crippen molar-refractivity contribution in [1.29, 1.82) is 0 Å². The van der Waals surface area contributed by atoms with Crippen LogP contribution >= 0.6 is 12.6 Å². The minimum Gasteiger partial charge on any atom is -0.441 e. The molecule has 2 aromatic rings. The second kappa shape index (κ2) is 4.13. The quantitative estimate of drug-likeness (QED) is 0.820. The summed E-state index contributed by atoms with van der Waals surface area (Å²) in [5.74, 6) is 1.61. The van der Waals surface area contributed by atoms with Gasteiger partial charge in [0.25, 0.3) is 0 Å². The van der Waals surface area contributed by atoms with Crippen LogP contribution in [0.1, 0.15) is 31.7 Å². The molecular formula is C13H17NOS. The van der Waals surface area contributed by atoms with Crippen LogP contribution in [-0.2, 0) is 5.41 Å². The zero-order chi connectivity index (χ0) is 11.8. The summed E-state index contributed by atoms with van der Waals surface area (Å²) in [4.78, 5) is 4.30. The van der Waals surface area contributed by atoms with Crippen molar-refractivity contribution in [2.24, 2.45) is 0 Å². The maximum atomic E-state index is 5.55. The van der Waals surface area contributed by atoms with Crippen LogP contribution < -0.4 is 0 Å². The first-order valence-electron chi connectivity index (χ1n) is 5.51. The van der Waals surface area contributed by atoms with Crippen molar-refractivity contribution >= 4 is 23.7 Å². The van der Waals surface area contributed by atoms with E-state index < -0.39 is 0 Å². The number of nitrogens with zero attached hydrogens (tertiary/aromatic N) is 1. The second-order valence-corrected chi connectivity index (χ2v) is 5.22. The third kappa shape index (κ3) is 2.09. The Bertz CT molecular complexity index is 502. The highest BCUT2D eigenvalue weighted by atomic mass is 32.1. The smallest absolute Gasteiger partial charge is 0.192 e. The molecule has 1 aromatic heterocycles. The highest BCUT2D eigenvalue weighted by Crippen LogP contribution is 2.30. The van der Waals surface area contributed by atoms with E-state index >= 15 is 0 Å². The first-order valence-corrected chi connectivity index (χ1v) is 6.15. The summed E-state index contributed by atoms with van der Waals surface area (Å²) in [5, 5.41) is 0. The predicted molar refractivity (Wildman–Crippen MR) is 70.2 cm³/mol. The molecule has 1 aromatic carbocycles. The third-order valence-electron chi connectivity index (χ3n) is 3.01. The molecule has 0 aliphatic rings. The van der Waals surface area contributed by atoms with E-state index in [2.05, 4.69) is 43.6 Å². The minimum atomic E-state index is 0.136. The number of thiol groups is 1. The molecule has 0 saturated heterocycles. The van der Waals surface area contributed by atoms with E-state index in [1.54, 1.807) is 0 Å². The molecule has 0 bridgehead atoms. The number of aromatic nitrogens is 1. The molecule has 0 aliphatic carbocycles. The van der Waals surface area contributed by atoms with Gasteiger partial charge in [-0.2, -0.15) is 12.6 Å². The van der Waals surface area contributed by atoms with Crippen molar-refractivity contribution in [3.8, 4) is 0 Å². The lowest BCUT2D eigenvalue weighted by molar-refractivity contribution is 0.509. The summed E-state index contributed by atoms with van der Waals surface area (Å²) in [6.45, 7) is 6.33. The van der Waals surface area contributed by atoms with Crippen molar-refractivity contribution < 1.29 is 4.42 Å². The Balaban J connectivity index is 2.45. The normalized spacial score (nSPS) is 12.2. The molecule has 0 atom stereocenters. The van der Waals surface area contributed by atoms with E-state index in [1.165, 1.54) is 5.56 Å². The largest absolute Gasteiger partial charge is 0.441 e. The van der Waals surface area contributed by atoms with E-state index in [1.807, 2.05) is 13.0 Å². The number of rotatable bonds is 3. The van der Waals surface area contributed by atoms with Gasteiger partial charge in [0.1, 0.15) is 5.52 Å². The zero-order valence-corrected chi connectivity index (χ0v) is 10.8. The molecule has 0 amide bonds. The van der Waals surface area contributed by atoms with Crippen LogP contribution in [0.2, 0.25) is 0 Å². The fourth-order valence-corrected chi connectivity index (χ4v) is 2.44. The number of aryl methyl sites for hydroxylation is 1. The van der Waals surface area contributed by atoms with Crippen molar-refractivity contribution in [2.45, 2.75) is 32.6 Å². The van der Waals surface area contributed by atoms with E-state index in [9.17, 15) is 0 Å². The average molecular weight is 235 g/mol. The predicted octanol–water partition coefficient (Wildman–Crippen LogP) is 3.73. The molecule has 0 radical (unpaired) electrons. The Morgan fingerprint density at radius 2 is 2.12 bits per heavy atom. The highest BCUT2D eigenvalue weighted by molar-refractivity contribution is 7.80. The van der Waals surface area contributed by atoms with Crippen LogP contribution in [0.5, 0.6) is 0 Å². The van der Waals surface area contributed by atoms with Crippen molar-refractivity contribution in [1.82, 2.24) is 4.98 Å². The molecule has 1 heterocycles. The maximum Gasteiger partial charge on any atom is 0.192 e. The van der Waals surface area contributed by atoms with Crippen LogP contribution in [-0.4, -0.2) is 10.7 Å². The Hall–Kier alpha value is -0.960. The summed E-state index contributed by atoms with van der Waals surface area (Å²) in [6, 6.07) is 6.26. The molecule has 0 spiro atoms. The number of hydrogen-bond donors (Lipinski definition) is 1. The van der Waals surface area contributed by atoms with E-state index in [0.29, 0.717) is 0 Å². The molecule has 86 valence electrons. The lowest BCUT2D eigenvalue weighted by Gasteiger charge is -2.24. The van der Waals surface area contributed by atoms with Crippen LogP contribution in [0.4, 0.5) is 0 Å². The van der Waals surface area contributed by atoms with Crippen LogP contribution in [0.15, 0.2) is 22.6 Å². The lowest BCUT2D eigenvalue weighted by Crippen LogP contribution is -2.17. The Morgan fingerprint density at radius 1 is 1.38 bits per heavy atom. The number of fused-ring (bicyclic) bond motifs is 1. The van der Waals surface area contributed by atoms with Gasteiger partial charge in [-0.05, 0) is 35.3 Å². The first kappa shape index (κ1) is 11.5. The molecule has 0 saturated carbocycles. The van der Waals surface area contributed by atoms with Gasteiger partial charge in [-0.25, -0.2) is 4.98 Å². The van der Waals surface area contributed by atoms with Crippen LogP contribution in [0, 0.1) is 6.92 Å². The number of oxazole rings is 1. The Morgan fingerprint density at radius 3 is 2.81 bits per heavy atom. The number of benzene rings is 1. The molecule has 0 N–H and O–H groups in total. The van der Waals surface area contributed by atoms with Gasteiger partial charge in [0, 0.05) is 6.92 Å². The summed E-state index contributed by atoms with van der Waals surface area (Å²) in [6.07, 6.45) is 1.05. The van der Waals surface area contributed by atoms with Gasteiger partial charge in [0.2, 0.25) is 0 Å². The second-order valence-electron chi connectivity index (χ2n) is 4.77. The molecular weight excluding hydrogens is 218 g/mol. The summed E-state index contributed by atoms with van der Waals surface area (Å²) in [7, 11) is 0. The third-order valence-corrected chi connectivity index (χ3v) is 3.24. The van der Waals surface area contributed by atoms with E-state index in [4.69, 9.17) is 4.42 Å². The minimum absolute atomic E-state index is 0.136. The Kier molecular flexibility index (Phi) is 2.98. The van der Waals surface area contributed by atoms with E-state index in [0.717, 1.165) is 29.2 Å². The van der Waals surface area contributed by atoms with Gasteiger partial charge in [-0.3, -0.25) is 0 Å². The van der Waals surface area contributed by atoms with Gasteiger partial charge in [-0.15, -0.1) is 0 Å². The van der Waals surface area contributed by atoms with Gasteiger partial charge >= 0.3 is 0 Å². The summed E-state index contributed by atoms with van der Waals surface area (Å²) in [5.41, 5.74) is 3.23. The molecule has 3 heteroatoms. The average Bonchev–Trinajstić information content (AvgIpc) is 2.56. The number of hydrogen-bond acceptors (Lipinski definition) is 3. The molecule has 16 heavy (non-hydrogen) atoms. The van der Waals surface area contributed by atoms with Crippen molar-refractivity contribution in [3.63, 3.8) is 0 Å². The Labute approximate surface area is 101 Å². The summed E-state index contributed by atoms with van der Waals surface area (Å²) >= 11 is 4.31. The molecule has 2 rings (SSSR count). The zero-order valence-electron chi connectivity index (χ0n) is 9.95. The maximum absolute atomic E-state index is 5.55. The summed E-state index contributed by atoms with van der Waals surface area (Å²) < 4.78 is 5.55. The van der Waals surface area contributed by atoms with Crippen molar-refractivity contribution in [2.75, 3.05) is 5.75 Å². The molecule has 0 fully saturated rings. The van der Waals surface area contributed by atoms with Gasteiger partial charge in [0.15, 0.2) is 11.5 Å². The molecule has 2 nitrogen and oxygen atoms in total. The van der Waals surface area contributed by atoms with Gasteiger partial charge < -0.3 is 4.42 Å². The van der Waals surface area contributed by atoms with Crippen LogP contribution in [0.3, 0.4) is 0 Å². The van der Waals surface area contributed by atoms with Gasteiger partial charge in [-0.1, -0.05) is 19.9 Å². The fraction of sp³-hybridized carbons (Fsp3) is 0.462. The van der Waals surface area contributed by atoms with Crippen molar-refractivity contribution in [3.05, 3.63) is 29.7 Å². The highest BCUT2D eigenvalue weighted by Gasteiger charge is 2.20. The fourth-order valence-electron chi connectivity index (χ4n) is 1.88. The molecule has 0 aliphatic heterocycles. The lowest BCUT2D eigenvalue weighted by atomic mass is 9.82. The monoisotopic (exact) mass is 235 g/mol.